The zero-order valence-corrected chi connectivity index (χ0v) is 14.5. The molecule has 0 aliphatic heterocycles. The summed E-state index contributed by atoms with van der Waals surface area (Å²) < 4.78 is 2.08. The Hall–Kier alpha value is -3.14. The third-order valence-electron chi connectivity index (χ3n) is 4.93. The van der Waals surface area contributed by atoms with Gasteiger partial charge in [-0.2, -0.15) is 0 Å². The fourth-order valence-corrected chi connectivity index (χ4v) is 3.57. The lowest BCUT2D eigenvalue weighted by atomic mass is 9.96. The molecule has 4 heteroatoms. The van der Waals surface area contributed by atoms with Gasteiger partial charge in [0.05, 0.1) is 11.7 Å². The zero-order chi connectivity index (χ0) is 18.3. The summed E-state index contributed by atoms with van der Waals surface area (Å²) in [5.74, 6) is -1.02. The molecule has 0 fully saturated rings. The van der Waals surface area contributed by atoms with Crippen LogP contribution in [0.15, 0.2) is 54.6 Å². The molecule has 0 N–H and O–H groups in total. The van der Waals surface area contributed by atoms with Gasteiger partial charge in [0, 0.05) is 23.4 Å². The molecule has 3 aromatic rings. The fourth-order valence-electron chi connectivity index (χ4n) is 3.57. The van der Waals surface area contributed by atoms with Gasteiger partial charge in [-0.05, 0) is 49.1 Å². The molecule has 0 radical (unpaired) electrons. The van der Waals surface area contributed by atoms with E-state index >= 15 is 0 Å². The molecule has 1 aliphatic rings. The lowest BCUT2D eigenvalue weighted by Gasteiger charge is -2.17. The summed E-state index contributed by atoms with van der Waals surface area (Å²) in [7, 11) is 0. The van der Waals surface area contributed by atoms with Crippen LogP contribution >= 0.6 is 0 Å². The summed E-state index contributed by atoms with van der Waals surface area (Å²) >= 11 is 0. The number of hydrogen-bond donors (Lipinski definition) is 0. The van der Waals surface area contributed by atoms with Crippen molar-refractivity contribution in [3.05, 3.63) is 77.0 Å². The van der Waals surface area contributed by atoms with Gasteiger partial charge in [-0.15, -0.1) is 0 Å². The molecule has 0 atom stereocenters. The molecule has 0 spiro atoms. The highest BCUT2D eigenvalue weighted by atomic mass is 16.4. The molecule has 4 nitrogen and oxygen atoms in total. The Morgan fingerprint density at radius 1 is 1.00 bits per heavy atom. The molecule has 2 aromatic carbocycles. The van der Waals surface area contributed by atoms with E-state index < -0.39 is 5.97 Å². The first-order valence-corrected chi connectivity index (χ1v) is 8.71. The topological polar surface area (TPSA) is 62.1 Å². The van der Waals surface area contributed by atoms with Gasteiger partial charge in [0.25, 0.3) is 0 Å². The van der Waals surface area contributed by atoms with E-state index in [-0.39, 0.29) is 11.3 Å². The monoisotopic (exact) mass is 344 g/mol. The standard InChI is InChI=1S/C22H19NO3/c1-14-5-7-15(8-6-14)20-13-18-19(3-2-4-21(18)24)23(20)17-11-9-16(10-12-17)22(25)26/h5-13H,2-4H2,1H3,(H,25,26)/p-1. The quantitative estimate of drug-likeness (QED) is 0.732. The second-order valence-electron chi connectivity index (χ2n) is 6.70. The Balaban J connectivity index is 1.92. The average molecular weight is 344 g/mol. The van der Waals surface area contributed by atoms with E-state index in [0.717, 1.165) is 41.0 Å². The smallest absolute Gasteiger partial charge is 0.164 e. The number of carbonyl (C=O) groups is 2. The number of carboxylic acid groups (broad SMARTS) is 1. The molecule has 4 rings (SSSR count). The number of rotatable bonds is 3. The van der Waals surface area contributed by atoms with Gasteiger partial charge in [-0.3, -0.25) is 4.79 Å². The van der Waals surface area contributed by atoms with Gasteiger partial charge in [0.1, 0.15) is 0 Å². The summed E-state index contributed by atoms with van der Waals surface area (Å²) in [6.07, 6.45) is 2.24. The SMILES string of the molecule is Cc1ccc(-c2cc3c(n2-c2ccc(C(=O)[O-])cc2)CCCC3=O)cc1. The minimum Gasteiger partial charge on any atom is -0.545 e. The fraction of sp³-hybridized carbons (Fsp3) is 0.182. The number of Topliss-reactive ketones (excluding diaryl/α,β-unsaturated/α-hetero) is 1. The summed E-state index contributed by atoms with van der Waals surface area (Å²) in [6, 6.07) is 16.8. The number of aryl methyl sites for hydroxylation is 1. The van der Waals surface area contributed by atoms with Gasteiger partial charge in [0.15, 0.2) is 5.78 Å². The maximum Gasteiger partial charge on any atom is 0.164 e. The Kier molecular flexibility index (Phi) is 3.96. The van der Waals surface area contributed by atoms with E-state index in [2.05, 4.69) is 4.57 Å². The number of fused-ring (bicyclic) bond motifs is 1. The van der Waals surface area contributed by atoms with E-state index in [1.54, 1.807) is 24.3 Å². The number of aromatic carboxylic acids is 1. The molecule has 0 amide bonds. The van der Waals surface area contributed by atoms with Gasteiger partial charge in [-0.25, -0.2) is 0 Å². The second kappa shape index (κ2) is 6.30. The van der Waals surface area contributed by atoms with Crippen LogP contribution in [-0.2, 0) is 6.42 Å². The number of aromatic nitrogens is 1. The maximum atomic E-state index is 12.4. The Bertz CT molecular complexity index is 995. The van der Waals surface area contributed by atoms with Crippen molar-refractivity contribution in [1.29, 1.82) is 0 Å². The minimum atomic E-state index is -1.19. The van der Waals surface area contributed by atoms with Crippen molar-refractivity contribution >= 4 is 11.8 Å². The van der Waals surface area contributed by atoms with Crippen molar-refractivity contribution in [1.82, 2.24) is 4.57 Å². The Labute approximate surface area is 151 Å². The number of ketones is 1. The Morgan fingerprint density at radius 2 is 1.69 bits per heavy atom. The van der Waals surface area contributed by atoms with Crippen molar-refractivity contribution in [2.24, 2.45) is 0 Å². The third kappa shape index (κ3) is 2.73. The van der Waals surface area contributed by atoms with Crippen molar-refractivity contribution in [3.8, 4) is 16.9 Å². The van der Waals surface area contributed by atoms with Crippen LogP contribution in [0, 0.1) is 6.92 Å². The molecule has 1 aromatic heterocycles. The van der Waals surface area contributed by atoms with E-state index in [4.69, 9.17) is 0 Å². The van der Waals surface area contributed by atoms with Crippen LogP contribution < -0.4 is 5.11 Å². The van der Waals surface area contributed by atoms with Gasteiger partial charge in [-0.1, -0.05) is 42.0 Å². The van der Waals surface area contributed by atoms with E-state index in [1.807, 2.05) is 37.3 Å². The van der Waals surface area contributed by atoms with Crippen LogP contribution in [0.25, 0.3) is 16.9 Å². The number of carbonyl (C=O) groups excluding carboxylic acids is 2. The number of benzene rings is 2. The molecule has 26 heavy (non-hydrogen) atoms. The predicted octanol–water partition coefficient (Wildman–Crippen LogP) is 3.34. The molecule has 0 unspecified atom stereocenters. The highest BCUT2D eigenvalue weighted by Gasteiger charge is 2.25. The molecular weight excluding hydrogens is 326 g/mol. The highest BCUT2D eigenvalue weighted by Crippen LogP contribution is 2.34. The average Bonchev–Trinajstić information content (AvgIpc) is 3.03. The number of carboxylic acids is 1. The van der Waals surface area contributed by atoms with E-state index in [9.17, 15) is 14.7 Å². The molecule has 0 saturated heterocycles. The first kappa shape index (κ1) is 16.3. The number of nitrogens with zero attached hydrogens (tertiary/aromatic N) is 1. The van der Waals surface area contributed by atoms with E-state index in [0.29, 0.717) is 6.42 Å². The van der Waals surface area contributed by atoms with Gasteiger partial charge in [0.2, 0.25) is 0 Å². The predicted molar refractivity (Wildman–Crippen MR) is 97.5 cm³/mol. The van der Waals surface area contributed by atoms with Crippen LogP contribution in [0.1, 0.15) is 44.8 Å². The van der Waals surface area contributed by atoms with Gasteiger partial charge >= 0.3 is 0 Å². The molecule has 1 heterocycles. The summed E-state index contributed by atoms with van der Waals surface area (Å²) in [4.78, 5) is 23.4. The van der Waals surface area contributed by atoms with Crippen LogP contribution in [-0.4, -0.2) is 16.3 Å². The molecule has 1 aliphatic carbocycles. The van der Waals surface area contributed by atoms with Crippen molar-refractivity contribution in [2.75, 3.05) is 0 Å². The molecular formula is C22H18NO3-. The van der Waals surface area contributed by atoms with Gasteiger partial charge < -0.3 is 14.5 Å². The number of hydrogen-bond acceptors (Lipinski definition) is 3. The Morgan fingerprint density at radius 3 is 2.35 bits per heavy atom. The van der Waals surface area contributed by atoms with Crippen LogP contribution in [0.5, 0.6) is 0 Å². The first-order valence-electron chi connectivity index (χ1n) is 8.71. The summed E-state index contributed by atoms with van der Waals surface area (Å²) in [5, 5.41) is 11.0. The summed E-state index contributed by atoms with van der Waals surface area (Å²) in [6.45, 7) is 2.04. The van der Waals surface area contributed by atoms with Crippen LogP contribution in [0.3, 0.4) is 0 Å². The van der Waals surface area contributed by atoms with Crippen molar-refractivity contribution in [2.45, 2.75) is 26.2 Å². The molecule has 130 valence electrons. The lowest BCUT2D eigenvalue weighted by molar-refractivity contribution is -0.255. The minimum absolute atomic E-state index is 0.141. The lowest BCUT2D eigenvalue weighted by Crippen LogP contribution is -2.22. The largest absolute Gasteiger partial charge is 0.545 e. The van der Waals surface area contributed by atoms with Crippen molar-refractivity contribution in [3.63, 3.8) is 0 Å². The highest BCUT2D eigenvalue weighted by molar-refractivity contribution is 6.00. The maximum absolute atomic E-state index is 12.4. The normalized spacial score (nSPS) is 13.5. The van der Waals surface area contributed by atoms with Crippen LogP contribution in [0.4, 0.5) is 0 Å². The third-order valence-corrected chi connectivity index (χ3v) is 4.93. The van der Waals surface area contributed by atoms with Crippen LogP contribution in [0.2, 0.25) is 0 Å². The second-order valence-corrected chi connectivity index (χ2v) is 6.70. The van der Waals surface area contributed by atoms with E-state index in [1.165, 1.54) is 5.56 Å². The summed E-state index contributed by atoms with van der Waals surface area (Å²) in [5.41, 5.74) is 5.91. The first-order chi connectivity index (χ1) is 12.5. The van der Waals surface area contributed by atoms with Crippen molar-refractivity contribution < 1.29 is 14.7 Å². The molecule has 0 bridgehead atoms. The zero-order valence-electron chi connectivity index (χ0n) is 14.5. The molecule has 0 saturated carbocycles.